The van der Waals surface area contributed by atoms with Gasteiger partial charge in [-0.15, -0.1) is 0 Å². The quantitative estimate of drug-likeness (QED) is 0.362. The molecule has 0 aromatic heterocycles. The SMILES string of the molecule is CCN(C=Nc1cc(C)c(Oc2ccc(Br)c(Br)c2)cc1C)CC. The number of benzene rings is 2. The average Bonchev–Trinajstić information content (AvgIpc) is 2.56. The Hall–Kier alpha value is -1.33. The van der Waals surface area contributed by atoms with Gasteiger partial charge in [-0.25, -0.2) is 4.99 Å². The van der Waals surface area contributed by atoms with E-state index in [1.807, 2.05) is 37.5 Å². The molecule has 0 atom stereocenters. The van der Waals surface area contributed by atoms with Crippen molar-refractivity contribution in [1.29, 1.82) is 0 Å². The van der Waals surface area contributed by atoms with E-state index in [2.05, 4.69) is 68.6 Å². The summed E-state index contributed by atoms with van der Waals surface area (Å²) in [6.07, 6.45) is 1.91. The first-order chi connectivity index (χ1) is 11.4. The molecule has 128 valence electrons. The summed E-state index contributed by atoms with van der Waals surface area (Å²) in [5, 5.41) is 0. The summed E-state index contributed by atoms with van der Waals surface area (Å²) in [4.78, 5) is 6.78. The van der Waals surface area contributed by atoms with Crippen LogP contribution in [0.15, 0.2) is 44.3 Å². The number of hydrogen-bond acceptors (Lipinski definition) is 2. The molecule has 0 aliphatic heterocycles. The fourth-order valence-electron chi connectivity index (χ4n) is 2.22. The molecule has 0 saturated carbocycles. The molecule has 0 heterocycles. The zero-order chi connectivity index (χ0) is 17.7. The Kier molecular flexibility index (Phi) is 6.87. The Bertz CT molecular complexity index is 740. The molecule has 2 aromatic carbocycles. The van der Waals surface area contributed by atoms with E-state index in [1.165, 1.54) is 0 Å². The van der Waals surface area contributed by atoms with Crippen molar-refractivity contribution in [3.05, 3.63) is 50.4 Å². The molecule has 0 unspecified atom stereocenters. The summed E-state index contributed by atoms with van der Waals surface area (Å²) in [7, 11) is 0. The zero-order valence-corrected chi connectivity index (χ0v) is 17.6. The van der Waals surface area contributed by atoms with Crippen LogP contribution in [0.25, 0.3) is 0 Å². The number of aryl methyl sites for hydroxylation is 2. The molecule has 0 spiro atoms. The highest BCUT2D eigenvalue weighted by Crippen LogP contribution is 2.34. The zero-order valence-electron chi connectivity index (χ0n) is 14.4. The molecule has 5 heteroatoms. The monoisotopic (exact) mass is 452 g/mol. The van der Waals surface area contributed by atoms with Crippen molar-refractivity contribution in [3.8, 4) is 11.5 Å². The number of hydrogen-bond donors (Lipinski definition) is 0. The fraction of sp³-hybridized carbons (Fsp3) is 0.316. The topological polar surface area (TPSA) is 24.8 Å². The fourth-order valence-corrected chi connectivity index (χ4v) is 2.83. The van der Waals surface area contributed by atoms with Crippen LogP contribution in [-0.2, 0) is 0 Å². The predicted molar refractivity (Wildman–Crippen MR) is 109 cm³/mol. The van der Waals surface area contributed by atoms with Crippen LogP contribution in [0.4, 0.5) is 5.69 Å². The van der Waals surface area contributed by atoms with Crippen LogP contribution in [0.5, 0.6) is 11.5 Å². The summed E-state index contributed by atoms with van der Waals surface area (Å²) in [5.41, 5.74) is 3.13. The predicted octanol–water partition coefficient (Wildman–Crippen LogP) is 6.62. The average molecular weight is 454 g/mol. The van der Waals surface area contributed by atoms with Gasteiger partial charge < -0.3 is 9.64 Å². The summed E-state index contributed by atoms with van der Waals surface area (Å²) < 4.78 is 8.01. The Balaban J connectivity index is 2.24. The van der Waals surface area contributed by atoms with E-state index in [-0.39, 0.29) is 0 Å². The van der Waals surface area contributed by atoms with Crippen molar-refractivity contribution in [3.63, 3.8) is 0 Å². The maximum atomic E-state index is 6.04. The van der Waals surface area contributed by atoms with Crippen molar-refractivity contribution in [2.24, 2.45) is 4.99 Å². The van der Waals surface area contributed by atoms with E-state index in [9.17, 15) is 0 Å². The van der Waals surface area contributed by atoms with E-state index in [0.717, 1.165) is 50.3 Å². The summed E-state index contributed by atoms with van der Waals surface area (Å²) >= 11 is 6.97. The first-order valence-corrected chi connectivity index (χ1v) is 9.55. The Labute approximate surface area is 161 Å². The van der Waals surface area contributed by atoms with Gasteiger partial charge >= 0.3 is 0 Å². The summed E-state index contributed by atoms with van der Waals surface area (Å²) in [6, 6.07) is 9.96. The molecule has 0 radical (unpaired) electrons. The van der Waals surface area contributed by atoms with Crippen LogP contribution in [0.1, 0.15) is 25.0 Å². The van der Waals surface area contributed by atoms with Crippen LogP contribution in [0.2, 0.25) is 0 Å². The van der Waals surface area contributed by atoms with Gasteiger partial charge in [-0.3, -0.25) is 0 Å². The number of aliphatic imine (C=N–C) groups is 1. The lowest BCUT2D eigenvalue weighted by Crippen LogP contribution is -2.20. The van der Waals surface area contributed by atoms with E-state index >= 15 is 0 Å². The molecule has 0 saturated heterocycles. The molecule has 0 aliphatic carbocycles. The maximum absolute atomic E-state index is 6.04. The van der Waals surface area contributed by atoms with Gasteiger partial charge in [-0.05, 0) is 101 Å². The third kappa shape index (κ3) is 4.84. The number of halogens is 2. The van der Waals surface area contributed by atoms with E-state index in [4.69, 9.17) is 4.74 Å². The Morgan fingerprint density at radius 3 is 2.33 bits per heavy atom. The molecule has 0 N–H and O–H groups in total. The standard InChI is InChI=1S/C19H22Br2N2O/c1-5-23(6-2)12-22-18-9-14(4)19(10-13(18)3)24-15-7-8-16(20)17(21)11-15/h7-12H,5-6H2,1-4H3. The molecule has 2 aromatic rings. The van der Waals surface area contributed by atoms with E-state index in [1.54, 1.807) is 0 Å². The highest BCUT2D eigenvalue weighted by molar-refractivity contribution is 9.13. The highest BCUT2D eigenvalue weighted by Gasteiger charge is 2.08. The smallest absolute Gasteiger partial charge is 0.130 e. The highest BCUT2D eigenvalue weighted by atomic mass is 79.9. The van der Waals surface area contributed by atoms with Crippen molar-refractivity contribution >= 4 is 43.9 Å². The minimum Gasteiger partial charge on any atom is -0.457 e. The van der Waals surface area contributed by atoms with Gasteiger partial charge in [0.05, 0.1) is 12.0 Å². The normalized spacial score (nSPS) is 11.1. The van der Waals surface area contributed by atoms with Crippen LogP contribution >= 0.6 is 31.9 Å². The molecular formula is C19H22Br2N2O. The number of ether oxygens (including phenoxy) is 1. The second kappa shape index (κ2) is 8.67. The molecule has 3 nitrogen and oxygen atoms in total. The second-order valence-corrected chi connectivity index (χ2v) is 7.26. The molecule has 0 amide bonds. The van der Waals surface area contributed by atoms with E-state index < -0.39 is 0 Å². The first-order valence-electron chi connectivity index (χ1n) is 7.97. The van der Waals surface area contributed by atoms with Crippen molar-refractivity contribution < 1.29 is 4.74 Å². The minimum absolute atomic E-state index is 0.798. The van der Waals surface area contributed by atoms with Crippen molar-refractivity contribution in [2.45, 2.75) is 27.7 Å². The van der Waals surface area contributed by atoms with Crippen molar-refractivity contribution in [1.82, 2.24) is 4.90 Å². The van der Waals surface area contributed by atoms with Gasteiger partial charge in [0.2, 0.25) is 0 Å². The summed E-state index contributed by atoms with van der Waals surface area (Å²) in [5.74, 6) is 1.65. The van der Waals surface area contributed by atoms with Gasteiger partial charge in [-0.2, -0.15) is 0 Å². The van der Waals surface area contributed by atoms with Crippen LogP contribution in [0, 0.1) is 13.8 Å². The van der Waals surface area contributed by atoms with Crippen LogP contribution in [0.3, 0.4) is 0 Å². The third-order valence-corrected chi connectivity index (χ3v) is 5.66. The lowest BCUT2D eigenvalue weighted by Gasteiger charge is -2.15. The van der Waals surface area contributed by atoms with Gasteiger partial charge in [0.25, 0.3) is 0 Å². The lowest BCUT2D eigenvalue weighted by molar-refractivity contribution is 0.477. The number of rotatable bonds is 6. The Morgan fingerprint density at radius 2 is 1.71 bits per heavy atom. The molecule has 0 bridgehead atoms. The first kappa shape index (κ1) is 19.0. The largest absolute Gasteiger partial charge is 0.457 e. The minimum atomic E-state index is 0.798. The molecular weight excluding hydrogens is 432 g/mol. The van der Waals surface area contributed by atoms with Gasteiger partial charge in [0.1, 0.15) is 11.5 Å². The van der Waals surface area contributed by atoms with Crippen LogP contribution < -0.4 is 4.74 Å². The van der Waals surface area contributed by atoms with Gasteiger partial charge in [-0.1, -0.05) is 0 Å². The third-order valence-electron chi connectivity index (χ3n) is 3.78. The van der Waals surface area contributed by atoms with Gasteiger partial charge in [0.15, 0.2) is 0 Å². The number of nitrogens with zero attached hydrogens (tertiary/aromatic N) is 2. The summed E-state index contributed by atoms with van der Waals surface area (Å²) in [6.45, 7) is 10.3. The Morgan fingerprint density at radius 1 is 1.00 bits per heavy atom. The molecule has 0 aliphatic rings. The molecule has 2 rings (SSSR count). The molecule has 0 fully saturated rings. The maximum Gasteiger partial charge on any atom is 0.130 e. The van der Waals surface area contributed by atoms with E-state index in [0.29, 0.717) is 0 Å². The lowest BCUT2D eigenvalue weighted by atomic mass is 10.1. The van der Waals surface area contributed by atoms with Crippen molar-refractivity contribution in [2.75, 3.05) is 13.1 Å². The second-order valence-electron chi connectivity index (χ2n) is 5.55. The van der Waals surface area contributed by atoms with Gasteiger partial charge in [0, 0.05) is 22.0 Å². The van der Waals surface area contributed by atoms with Crippen LogP contribution in [-0.4, -0.2) is 24.3 Å². The molecule has 24 heavy (non-hydrogen) atoms.